The molecule has 1 aromatic carbocycles. The van der Waals surface area contributed by atoms with E-state index in [1.54, 1.807) is 29.1 Å². The van der Waals surface area contributed by atoms with Crippen LogP contribution in [-0.2, 0) is 11.3 Å². The summed E-state index contributed by atoms with van der Waals surface area (Å²) in [6, 6.07) is 10.8. The number of nitrogens with one attached hydrogen (secondary N) is 1. The van der Waals surface area contributed by atoms with E-state index in [2.05, 4.69) is 21.2 Å². The lowest BCUT2D eigenvalue weighted by Gasteiger charge is -2.03. The Morgan fingerprint density at radius 1 is 1.20 bits per heavy atom. The van der Waals surface area contributed by atoms with Gasteiger partial charge >= 0.3 is 0 Å². The van der Waals surface area contributed by atoms with Crippen molar-refractivity contribution in [1.82, 2.24) is 0 Å². The molecule has 0 fully saturated rings. The summed E-state index contributed by atoms with van der Waals surface area (Å²) >= 11 is 3.34. The lowest BCUT2D eigenvalue weighted by atomic mass is 10.2. The Kier molecular flexibility index (Phi) is 4.63. The number of ketones is 1. The Hall–Kier alpha value is -2.01. The Morgan fingerprint density at radius 3 is 2.55 bits per heavy atom. The average molecular weight is 334 g/mol. The second kappa shape index (κ2) is 6.43. The molecule has 5 heteroatoms. The van der Waals surface area contributed by atoms with Gasteiger partial charge in [-0.1, -0.05) is 15.9 Å². The van der Waals surface area contributed by atoms with Gasteiger partial charge in [-0.3, -0.25) is 9.59 Å². The number of hydrogen-bond acceptors (Lipinski definition) is 2. The van der Waals surface area contributed by atoms with Crippen LogP contribution in [0.4, 0.5) is 5.69 Å². The molecule has 0 saturated heterocycles. The van der Waals surface area contributed by atoms with Gasteiger partial charge in [-0.25, -0.2) is 0 Å². The zero-order valence-electron chi connectivity index (χ0n) is 11.0. The number of hydrogen-bond donors (Lipinski definition) is 1. The van der Waals surface area contributed by atoms with E-state index in [9.17, 15) is 9.59 Å². The molecule has 1 heterocycles. The summed E-state index contributed by atoms with van der Waals surface area (Å²) in [4.78, 5) is 23.2. The van der Waals surface area contributed by atoms with E-state index in [4.69, 9.17) is 0 Å². The van der Waals surface area contributed by atoms with Gasteiger partial charge in [0.05, 0.1) is 5.56 Å². The normalized spacial score (nSPS) is 10.1. The standard InChI is InChI=1S/C15H13BrN2O2/c1-11(19)12-3-2-8-18(9-12)10-15(20)17-14-6-4-13(16)5-7-14/h2-9H,10H2,1H3/p+1. The molecule has 0 aliphatic rings. The van der Waals surface area contributed by atoms with E-state index in [1.807, 2.05) is 24.3 Å². The number of benzene rings is 1. The van der Waals surface area contributed by atoms with Crippen molar-refractivity contribution in [2.24, 2.45) is 0 Å². The fourth-order valence-electron chi connectivity index (χ4n) is 1.73. The maximum absolute atomic E-state index is 11.9. The number of anilines is 1. The topological polar surface area (TPSA) is 50.0 Å². The van der Waals surface area contributed by atoms with Crippen LogP contribution in [0.2, 0.25) is 0 Å². The minimum absolute atomic E-state index is 0.0207. The second-order valence-electron chi connectivity index (χ2n) is 4.38. The molecule has 1 aromatic heterocycles. The van der Waals surface area contributed by atoms with Crippen LogP contribution in [0.1, 0.15) is 17.3 Å². The highest BCUT2D eigenvalue weighted by atomic mass is 79.9. The van der Waals surface area contributed by atoms with Crippen LogP contribution >= 0.6 is 15.9 Å². The first kappa shape index (κ1) is 14.4. The first-order valence-corrected chi connectivity index (χ1v) is 6.89. The lowest BCUT2D eigenvalue weighted by Crippen LogP contribution is -2.40. The monoisotopic (exact) mass is 333 g/mol. The molecule has 0 radical (unpaired) electrons. The van der Waals surface area contributed by atoms with Gasteiger partial charge in [-0.15, -0.1) is 0 Å². The minimum atomic E-state index is -0.141. The van der Waals surface area contributed by atoms with Crippen LogP contribution in [0.3, 0.4) is 0 Å². The lowest BCUT2D eigenvalue weighted by molar-refractivity contribution is -0.684. The van der Waals surface area contributed by atoms with Gasteiger partial charge in [0.25, 0.3) is 5.91 Å². The molecule has 2 aromatic rings. The fourth-order valence-corrected chi connectivity index (χ4v) is 1.99. The number of Topliss-reactive ketones (excluding diaryl/α,β-unsaturated/α-hetero) is 1. The van der Waals surface area contributed by atoms with Crippen molar-refractivity contribution in [3.8, 4) is 0 Å². The van der Waals surface area contributed by atoms with Crippen molar-refractivity contribution in [3.63, 3.8) is 0 Å². The largest absolute Gasteiger partial charge is 0.321 e. The zero-order chi connectivity index (χ0) is 14.5. The summed E-state index contributed by atoms with van der Waals surface area (Å²) in [5.41, 5.74) is 1.32. The summed E-state index contributed by atoms with van der Waals surface area (Å²) in [6.45, 7) is 1.67. The molecule has 4 nitrogen and oxygen atoms in total. The van der Waals surface area contributed by atoms with E-state index < -0.39 is 0 Å². The Labute approximate surface area is 125 Å². The molecular weight excluding hydrogens is 320 g/mol. The van der Waals surface area contributed by atoms with Gasteiger partial charge in [0.1, 0.15) is 0 Å². The number of halogens is 1. The van der Waals surface area contributed by atoms with Gasteiger partial charge in [0.15, 0.2) is 18.2 Å². The van der Waals surface area contributed by atoms with Crippen LogP contribution in [-0.4, -0.2) is 11.7 Å². The third-order valence-electron chi connectivity index (χ3n) is 2.72. The van der Waals surface area contributed by atoms with Gasteiger partial charge in [0.2, 0.25) is 6.54 Å². The summed E-state index contributed by atoms with van der Waals surface area (Å²) in [5, 5.41) is 2.80. The predicted octanol–water partition coefficient (Wildman–Crippen LogP) is 2.58. The highest BCUT2D eigenvalue weighted by Crippen LogP contribution is 2.13. The van der Waals surface area contributed by atoms with Crippen molar-refractivity contribution in [3.05, 3.63) is 58.8 Å². The molecule has 20 heavy (non-hydrogen) atoms. The highest BCUT2D eigenvalue weighted by Gasteiger charge is 2.11. The Balaban J connectivity index is 2.02. The quantitative estimate of drug-likeness (QED) is 0.690. The van der Waals surface area contributed by atoms with E-state index >= 15 is 0 Å². The van der Waals surface area contributed by atoms with Crippen LogP contribution < -0.4 is 9.88 Å². The summed E-state index contributed by atoms with van der Waals surface area (Å²) in [6.07, 6.45) is 3.43. The molecule has 1 N–H and O–H groups in total. The molecule has 0 saturated carbocycles. The number of nitrogens with zero attached hydrogens (tertiary/aromatic N) is 1. The molecule has 0 atom stereocenters. The van der Waals surface area contributed by atoms with Crippen LogP contribution in [0.15, 0.2) is 53.3 Å². The molecular formula is C15H14BrN2O2+. The van der Waals surface area contributed by atoms with Gasteiger partial charge in [-0.2, -0.15) is 4.57 Å². The third kappa shape index (κ3) is 3.99. The van der Waals surface area contributed by atoms with Crippen molar-refractivity contribution in [2.75, 3.05) is 5.32 Å². The van der Waals surface area contributed by atoms with E-state index in [0.29, 0.717) is 5.56 Å². The van der Waals surface area contributed by atoms with Crippen LogP contribution in [0, 0.1) is 0 Å². The summed E-state index contributed by atoms with van der Waals surface area (Å²) < 4.78 is 2.64. The molecule has 0 aliphatic heterocycles. The summed E-state index contributed by atoms with van der Waals surface area (Å²) in [5.74, 6) is -0.161. The number of carbonyl (C=O) groups is 2. The maximum atomic E-state index is 11.9. The molecule has 0 unspecified atom stereocenters. The molecule has 0 bridgehead atoms. The van der Waals surface area contributed by atoms with Gasteiger partial charge in [0, 0.05) is 16.2 Å². The highest BCUT2D eigenvalue weighted by molar-refractivity contribution is 9.10. The van der Waals surface area contributed by atoms with Crippen LogP contribution in [0.25, 0.3) is 0 Å². The number of carbonyl (C=O) groups excluding carboxylic acids is 2. The zero-order valence-corrected chi connectivity index (χ0v) is 12.6. The number of pyridine rings is 1. The minimum Gasteiger partial charge on any atom is -0.321 e. The number of rotatable bonds is 4. The number of amides is 1. The molecule has 102 valence electrons. The average Bonchev–Trinajstić information content (AvgIpc) is 2.41. The van der Waals surface area contributed by atoms with Gasteiger partial charge in [-0.05, 0) is 37.3 Å². The molecule has 1 amide bonds. The van der Waals surface area contributed by atoms with Crippen molar-refractivity contribution >= 4 is 33.3 Å². The van der Waals surface area contributed by atoms with Crippen molar-refractivity contribution < 1.29 is 14.2 Å². The molecule has 0 spiro atoms. The smallest absolute Gasteiger partial charge is 0.290 e. The Morgan fingerprint density at radius 2 is 1.90 bits per heavy atom. The second-order valence-corrected chi connectivity index (χ2v) is 5.29. The van der Waals surface area contributed by atoms with E-state index in [0.717, 1.165) is 10.2 Å². The SMILES string of the molecule is CC(=O)c1ccc[n+](CC(=O)Nc2ccc(Br)cc2)c1. The third-order valence-corrected chi connectivity index (χ3v) is 3.25. The molecule has 2 rings (SSSR count). The first-order valence-electron chi connectivity index (χ1n) is 6.10. The first-order chi connectivity index (χ1) is 9.54. The molecule has 0 aliphatic carbocycles. The van der Waals surface area contributed by atoms with E-state index in [-0.39, 0.29) is 18.2 Å². The fraction of sp³-hybridized carbons (Fsp3) is 0.133. The predicted molar refractivity (Wildman–Crippen MR) is 79.4 cm³/mol. The van der Waals surface area contributed by atoms with Crippen LogP contribution in [0.5, 0.6) is 0 Å². The Bertz CT molecular complexity index is 639. The van der Waals surface area contributed by atoms with Crippen molar-refractivity contribution in [2.45, 2.75) is 13.5 Å². The number of aromatic nitrogens is 1. The van der Waals surface area contributed by atoms with Gasteiger partial charge < -0.3 is 5.32 Å². The maximum Gasteiger partial charge on any atom is 0.290 e. The van der Waals surface area contributed by atoms with E-state index in [1.165, 1.54) is 6.92 Å². The summed E-state index contributed by atoms with van der Waals surface area (Å²) in [7, 11) is 0. The van der Waals surface area contributed by atoms with Crippen molar-refractivity contribution in [1.29, 1.82) is 0 Å².